The summed E-state index contributed by atoms with van der Waals surface area (Å²) in [5.41, 5.74) is 8.04. The predicted molar refractivity (Wildman–Crippen MR) is 83.7 cm³/mol. The van der Waals surface area contributed by atoms with Crippen LogP contribution < -0.4 is 10.6 Å². The molecule has 2 rings (SSSR count). The van der Waals surface area contributed by atoms with E-state index in [9.17, 15) is 4.39 Å². The SMILES string of the molecule is CCCn1cc(C(CN)N(CC)c2ccc(F)cc2)cn1. The Hall–Kier alpha value is -1.88. The molecule has 0 saturated heterocycles. The highest BCUT2D eigenvalue weighted by Gasteiger charge is 2.19. The first-order chi connectivity index (χ1) is 10.2. The quantitative estimate of drug-likeness (QED) is 0.853. The predicted octanol–water partition coefficient (Wildman–Crippen LogP) is 2.96. The summed E-state index contributed by atoms with van der Waals surface area (Å²) in [6.07, 6.45) is 4.97. The van der Waals surface area contributed by atoms with Crippen LogP contribution in [0.2, 0.25) is 0 Å². The van der Waals surface area contributed by atoms with Gasteiger partial charge in [-0.2, -0.15) is 5.10 Å². The number of rotatable bonds is 7. The van der Waals surface area contributed by atoms with E-state index in [2.05, 4.69) is 23.8 Å². The highest BCUT2D eigenvalue weighted by Crippen LogP contribution is 2.26. The molecule has 0 aliphatic rings. The van der Waals surface area contributed by atoms with E-state index in [1.54, 1.807) is 12.1 Å². The number of halogens is 1. The van der Waals surface area contributed by atoms with Gasteiger partial charge in [-0.25, -0.2) is 4.39 Å². The van der Waals surface area contributed by atoms with Crippen molar-refractivity contribution >= 4 is 5.69 Å². The van der Waals surface area contributed by atoms with Gasteiger partial charge in [-0.05, 0) is 37.6 Å². The van der Waals surface area contributed by atoms with E-state index in [0.717, 1.165) is 30.8 Å². The Labute approximate surface area is 125 Å². The second-order valence-corrected chi connectivity index (χ2v) is 5.05. The molecule has 1 atom stereocenters. The van der Waals surface area contributed by atoms with Crippen molar-refractivity contribution in [1.29, 1.82) is 0 Å². The van der Waals surface area contributed by atoms with Crippen LogP contribution in [-0.2, 0) is 6.54 Å². The van der Waals surface area contributed by atoms with Crippen molar-refractivity contribution in [2.45, 2.75) is 32.9 Å². The summed E-state index contributed by atoms with van der Waals surface area (Å²) in [7, 11) is 0. The first-order valence-corrected chi connectivity index (χ1v) is 7.44. The molecule has 0 spiro atoms. The van der Waals surface area contributed by atoms with Crippen LogP contribution in [0.5, 0.6) is 0 Å². The molecule has 1 heterocycles. The molecule has 0 fully saturated rings. The maximum Gasteiger partial charge on any atom is 0.123 e. The third-order valence-electron chi connectivity index (χ3n) is 3.59. The maximum atomic E-state index is 13.1. The first-order valence-electron chi connectivity index (χ1n) is 7.44. The van der Waals surface area contributed by atoms with Gasteiger partial charge in [0.1, 0.15) is 5.82 Å². The van der Waals surface area contributed by atoms with Gasteiger partial charge in [0.15, 0.2) is 0 Å². The lowest BCUT2D eigenvalue weighted by molar-refractivity contribution is 0.598. The molecule has 1 aromatic heterocycles. The van der Waals surface area contributed by atoms with Crippen molar-refractivity contribution in [2.75, 3.05) is 18.0 Å². The highest BCUT2D eigenvalue weighted by molar-refractivity contribution is 5.48. The lowest BCUT2D eigenvalue weighted by Crippen LogP contribution is -2.33. The molecular formula is C16H23FN4. The van der Waals surface area contributed by atoms with Crippen molar-refractivity contribution in [3.63, 3.8) is 0 Å². The van der Waals surface area contributed by atoms with E-state index in [1.807, 2.05) is 17.1 Å². The van der Waals surface area contributed by atoms with Crippen LogP contribution in [0.4, 0.5) is 10.1 Å². The van der Waals surface area contributed by atoms with Crippen LogP contribution in [0, 0.1) is 5.82 Å². The Morgan fingerprint density at radius 3 is 2.57 bits per heavy atom. The zero-order chi connectivity index (χ0) is 15.2. The molecule has 0 saturated carbocycles. The minimum absolute atomic E-state index is 0.0473. The second-order valence-electron chi connectivity index (χ2n) is 5.05. The van der Waals surface area contributed by atoms with Gasteiger partial charge < -0.3 is 10.6 Å². The minimum Gasteiger partial charge on any atom is -0.363 e. The normalized spacial score (nSPS) is 12.4. The lowest BCUT2D eigenvalue weighted by Gasteiger charge is -2.31. The summed E-state index contributed by atoms with van der Waals surface area (Å²) in [6.45, 7) is 6.39. The minimum atomic E-state index is -0.227. The number of aryl methyl sites for hydroxylation is 1. The Kier molecular flexibility index (Phi) is 5.33. The largest absolute Gasteiger partial charge is 0.363 e. The average Bonchev–Trinajstić information content (AvgIpc) is 2.94. The van der Waals surface area contributed by atoms with Crippen molar-refractivity contribution < 1.29 is 4.39 Å². The Bertz CT molecular complexity index is 550. The van der Waals surface area contributed by atoms with Crippen LogP contribution in [0.3, 0.4) is 0 Å². The van der Waals surface area contributed by atoms with Crippen LogP contribution in [0.1, 0.15) is 31.9 Å². The topological polar surface area (TPSA) is 47.1 Å². The summed E-state index contributed by atoms with van der Waals surface area (Å²) in [6, 6.07) is 6.58. The van der Waals surface area contributed by atoms with E-state index in [0.29, 0.717) is 6.54 Å². The highest BCUT2D eigenvalue weighted by atomic mass is 19.1. The van der Waals surface area contributed by atoms with E-state index < -0.39 is 0 Å². The second kappa shape index (κ2) is 7.22. The zero-order valence-corrected chi connectivity index (χ0v) is 12.7. The Morgan fingerprint density at radius 1 is 1.29 bits per heavy atom. The molecule has 0 aliphatic heterocycles. The molecule has 0 amide bonds. The fourth-order valence-corrected chi connectivity index (χ4v) is 2.56. The maximum absolute atomic E-state index is 13.1. The van der Waals surface area contributed by atoms with Crippen molar-refractivity contribution in [3.05, 3.63) is 48.0 Å². The number of hydrogen-bond acceptors (Lipinski definition) is 3. The molecule has 0 aliphatic carbocycles. The van der Waals surface area contributed by atoms with Crippen LogP contribution >= 0.6 is 0 Å². The van der Waals surface area contributed by atoms with Gasteiger partial charge in [-0.3, -0.25) is 4.68 Å². The van der Waals surface area contributed by atoms with Gasteiger partial charge in [0.25, 0.3) is 0 Å². The van der Waals surface area contributed by atoms with Gasteiger partial charge in [-0.15, -0.1) is 0 Å². The number of nitrogens with two attached hydrogens (primary N) is 1. The number of aromatic nitrogens is 2. The molecule has 1 unspecified atom stereocenters. The summed E-state index contributed by atoms with van der Waals surface area (Å²) in [5.74, 6) is -0.227. The van der Waals surface area contributed by atoms with Gasteiger partial charge >= 0.3 is 0 Å². The average molecular weight is 290 g/mol. The fourth-order valence-electron chi connectivity index (χ4n) is 2.56. The fraction of sp³-hybridized carbons (Fsp3) is 0.438. The van der Waals surface area contributed by atoms with Crippen molar-refractivity contribution in [2.24, 2.45) is 5.73 Å². The van der Waals surface area contributed by atoms with E-state index in [-0.39, 0.29) is 11.9 Å². The molecule has 1 aromatic carbocycles. The van der Waals surface area contributed by atoms with Crippen molar-refractivity contribution in [3.8, 4) is 0 Å². The molecule has 0 radical (unpaired) electrons. The number of benzene rings is 1. The molecule has 21 heavy (non-hydrogen) atoms. The third kappa shape index (κ3) is 3.61. The molecule has 5 heteroatoms. The van der Waals surface area contributed by atoms with E-state index >= 15 is 0 Å². The Morgan fingerprint density at radius 2 is 2.00 bits per heavy atom. The number of hydrogen-bond donors (Lipinski definition) is 1. The van der Waals surface area contributed by atoms with Crippen molar-refractivity contribution in [1.82, 2.24) is 9.78 Å². The number of anilines is 1. The molecule has 4 nitrogen and oxygen atoms in total. The summed E-state index contributed by atoms with van der Waals surface area (Å²) in [4.78, 5) is 2.17. The van der Waals surface area contributed by atoms with Gasteiger partial charge in [-0.1, -0.05) is 6.92 Å². The third-order valence-corrected chi connectivity index (χ3v) is 3.59. The van der Waals surface area contributed by atoms with Gasteiger partial charge in [0.05, 0.1) is 12.2 Å². The van der Waals surface area contributed by atoms with Crippen LogP contribution in [0.25, 0.3) is 0 Å². The van der Waals surface area contributed by atoms with Crippen LogP contribution in [-0.4, -0.2) is 22.9 Å². The van der Waals surface area contributed by atoms with Crippen LogP contribution in [0.15, 0.2) is 36.7 Å². The van der Waals surface area contributed by atoms with Gasteiger partial charge in [0.2, 0.25) is 0 Å². The standard InChI is InChI=1S/C16H23FN4/c1-3-9-20-12-13(11-19-20)16(10-18)21(4-2)15-7-5-14(17)6-8-15/h5-8,11-12,16H,3-4,9-10,18H2,1-2H3. The molecule has 0 bridgehead atoms. The number of nitrogens with zero attached hydrogens (tertiary/aromatic N) is 3. The lowest BCUT2D eigenvalue weighted by atomic mass is 10.1. The first kappa shape index (κ1) is 15.5. The van der Waals surface area contributed by atoms with E-state index in [1.165, 1.54) is 12.1 Å². The zero-order valence-electron chi connectivity index (χ0n) is 12.7. The number of likely N-dealkylation sites (N-methyl/N-ethyl adjacent to an activating group) is 1. The van der Waals surface area contributed by atoms with E-state index in [4.69, 9.17) is 5.73 Å². The smallest absolute Gasteiger partial charge is 0.123 e. The van der Waals surface area contributed by atoms with Gasteiger partial charge in [0, 0.05) is 37.1 Å². The monoisotopic (exact) mass is 290 g/mol. The Balaban J connectivity index is 2.25. The summed E-state index contributed by atoms with van der Waals surface area (Å²) >= 11 is 0. The molecular weight excluding hydrogens is 267 g/mol. The summed E-state index contributed by atoms with van der Waals surface area (Å²) in [5, 5.41) is 4.37. The molecule has 114 valence electrons. The summed E-state index contributed by atoms with van der Waals surface area (Å²) < 4.78 is 15.0. The molecule has 2 N–H and O–H groups in total. The molecule has 2 aromatic rings.